The van der Waals surface area contributed by atoms with Crippen LogP contribution in [0.15, 0.2) is 48.5 Å². The number of imide groups is 1. The van der Waals surface area contributed by atoms with Crippen LogP contribution in [0.25, 0.3) is 0 Å². The maximum Gasteiger partial charge on any atom is 0.261 e. The number of nitrogens with one attached hydrogen (secondary N) is 2. The monoisotopic (exact) mass is 407 g/mol. The van der Waals surface area contributed by atoms with Crippen LogP contribution in [-0.4, -0.2) is 41.1 Å². The molecular weight excluding hydrogens is 382 g/mol. The highest BCUT2D eigenvalue weighted by Crippen LogP contribution is 2.22. The van der Waals surface area contributed by atoms with Crippen LogP contribution in [0.2, 0.25) is 0 Å². The van der Waals surface area contributed by atoms with Gasteiger partial charge in [0.25, 0.3) is 17.7 Å². The Balaban J connectivity index is 1.51. The van der Waals surface area contributed by atoms with Crippen LogP contribution in [0.5, 0.6) is 0 Å². The van der Waals surface area contributed by atoms with Crippen LogP contribution in [-0.2, 0) is 11.3 Å². The zero-order valence-electron chi connectivity index (χ0n) is 17.1. The van der Waals surface area contributed by atoms with Crippen molar-refractivity contribution in [2.45, 2.75) is 39.3 Å². The Morgan fingerprint density at radius 3 is 2.30 bits per heavy atom. The van der Waals surface area contributed by atoms with Gasteiger partial charge in [0.05, 0.1) is 11.1 Å². The number of hydrogen-bond donors (Lipinski definition) is 2. The van der Waals surface area contributed by atoms with Crippen molar-refractivity contribution < 1.29 is 19.2 Å². The first kappa shape index (κ1) is 21.2. The van der Waals surface area contributed by atoms with Gasteiger partial charge in [0.2, 0.25) is 5.91 Å². The molecule has 2 N–H and O–H groups in total. The molecule has 30 heavy (non-hydrogen) atoms. The number of fused-ring (bicyclic) bond motifs is 1. The van der Waals surface area contributed by atoms with E-state index < -0.39 is 0 Å². The van der Waals surface area contributed by atoms with E-state index in [-0.39, 0.29) is 49.2 Å². The molecule has 156 valence electrons. The Labute approximate surface area is 175 Å². The molecule has 7 nitrogen and oxygen atoms in total. The van der Waals surface area contributed by atoms with Gasteiger partial charge < -0.3 is 10.6 Å². The number of hydrogen-bond acceptors (Lipinski definition) is 4. The Kier molecular flexibility index (Phi) is 6.61. The van der Waals surface area contributed by atoms with Gasteiger partial charge in [0.15, 0.2) is 0 Å². The van der Waals surface area contributed by atoms with Gasteiger partial charge in [0, 0.05) is 31.1 Å². The molecule has 0 aliphatic carbocycles. The highest BCUT2D eigenvalue weighted by molar-refractivity contribution is 6.21. The Morgan fingerprint density at radius 1 is 1.00 bits per heavy atom. The molecule has 2 aromatic carbocycles. The molecule has 0 aromatic heterocycles. The molecule has 0 spiro atoms. The summed E-state index contributed by atoms with van der Waals surface area (Å²) in [5.74, 6) is -1.17. The van der Waals surface area contributed by atoms with Gasteiger partial charge in [-0.2, -0.15) is 0 Å². The first-order valence-corrected chi connectivity index (χ1v) is 10.0. The van der Waals surface area contributed by atoms with Gasteiger partial charge in [-0.1, -0.05) is 31.2 Å². The largest absolute Gasteiger partial charge is 0.352 e. The molecule has 1 aliphatic rings. The highest BCUT2D eigenvalue weighted by atomic mass is 16.2. The van der Waals surface area contributed by atoms with E-state index >= 15 is 0 Å². The maximum atomic E-state index is 12.3. The van der Waals surface area contributed by atoms with Crippen molar-refractivity contribution in [1.82, 2.24) is 15.5 Å². The normalized spacial score (nSPS) is 13.7. The number of carbonyl (C=O) groups is 4. The van der Waals surface area contributed by atoms with Gasteiger partial charge in [-0.15, -0.1) is 0 Å². The molecule has 1 atom stereocenters. The van der Waals surface area contributed by atoms with Crippen LogP contribution < -0.4 is 10.6 Å². The lowest BCUT2D eigenvalue weighted by molar-refractivity contribution is -0.121. The van der Waals surface area contributed by atoms with Crippen LogP contribution in [0.1, 0.15) is 63.3 Å². The Bertz CT molecular complexity index is 951. The average molecular weight is 407 g/mol. The lowest BCUT2D eigenvalue weighted by atomic mass is 10.1. The summed E-state index contributed by atoms with van der Waals surface area (Å²) >= 11 is 0. The second kappa shape index (κ2) is 9.35. The lowest BCUT2D eigenvalue weighted by Crippen LogP contribution is -2.34. The van der Waals surface area contributed by atoms with E-state index in [4.69, 9.17) is 0 Å². The first-order valence-electron chi connectivity index (χ1n) is 10.0. The van der Waals surface area contributed by atoms with E-state index in [0.717, 1.165) is 16.9 Å². The summed E-state index contributed by atoms with van der Waals surface area (Å²) in [5, 5.41) is 5.68. The summed E-state index contributed by atoms with van der Waals surface area (Å²) in [5.41, 5.74) is 2.07. The smallest absolute Gasteiger partial charge is 0.261 e. The summed E-state index contributed by atoms with van der Waals surface area (Å²) in [7, 11) is 0. The Morgan fingerprint density at radius 2 is 1.67 bits per heavy atom. The average Bonchev–Trinajstić information content (AvgIpc) is 3.01. The number of nitrogens with zero attached hydrogens (tertiary/aromatic N) is 1. The van der Waals surface area contributed by atoms with Gasteiger partial charge in [0.1, 0.15) is 0 Å². The predicted molar refractivity (Wildman–Crippen MR) is 112 cm³/mol. The molecule has 7 heteroatoms. The molecule has 1 aliphatic heterocycles. The molecule has 3 rings (SSSR count). The first-order chi connectivity index (χ1) is 14.4. The summed E-state index contributed by atoms with van der Waals surface area (Å²) in [6.07, 6.45) is 0.855. The van der Waals surface area contributed by atoms with E-state index in [1.807, 2.05) is 19.9 Å². The van der Waals surface area contributed by atoms with Gasteiger partial charge in [-0.25, -0.2) is 0 Å². The van der Waals surface area contributed by atoms with Crippen LogP contribution in [0.4, 0.5) is 0 Å². The SMILES string of the molecule is CCC(C)NC(=O)c1cccc(CNC(=O)CCN2C(=O)c3ccccc3C2=O)c1. The van der Waals surface area contributed by atoms with Gasteiger partial charge in [-0.05, 0) is 43.2 Å². The molecule has 0 saturated heterocycles. The van der Waals surface area contributed by atoms with E-state index in [1.165, 1.54) is 0 Å². The minimum atomic E-state index is -0.372. The van der Waals surface area contributed by atoms with E-state index in [0.29, 0.717) is 16.7 Å². The molecule has 0 fully saturated rings. The molecular formula is C23H25N3O4. The van der Waals surface area contributed by atoms with Crippen molar-refractivity contribution in [1.29, 1.82) is 0 Å². The van der Waals surface area contributed by atoms with Crippen LogP contribution in [0.3, 0.4) is 0 Å². The summed E-state index contributed by atoms with van der Waals surface area (Å²) in [4.78, 5) is 50.2. The third kappa shape index (κ3) is 4.74. The van der Waals surface area contributed by atoms with Crippen molar-refractivity contribution in [3.8, 4) is 0 Å². The number of carbonyl (C=O) groups excluding carboxylic acids is 4. The molecule has 1 unspecified atom stereocenters. The van der Waals surface area contributed by atoms with Crippen molar-refractivity contribution in [2.75, 3.05) is 6.54 Å². The maximum absolute atomic E-state index is 12.3. The molecule has 4 amide bonds. The van der Waals surface area contributed by atoms with Gasteiger partial charge in [-0.3, -0.25) is 24.1 Å². The zero-order chi connectivity index (χ0) is 21.7. The van der Waals surface area contributed by atoms with E-state index in [2.05, 4.69) is 10.6 Å². The fourth-order valence-corrected chi connectivity index (χ4v) is 3.18. The molecule has 1 heterocycles. The van der Waals surface area contributed by atoms with Crippen LogP contribution in [0, 0.1) is 0 Å². The quantitative estimate of drug-likeness (QED) is 0.658. The minimum Gasteiger partial charge on any atom is -0.352 e. The van der Waals surface area contributed by atoms with Crippen molar-refractivity contribution in [3.05, 3.63) is 70.8 Å². The topological polar surface area (TPSA) is 95.6 Å². The summed E-state index contributed by atoms with van der Waals surface area (Å²) in [6, 6.07) is 13.8. The number of rotatable bonds is 8. The van der Waals surface area contributed by atoms with Crippen molar-refractivity contribution in [3.63, 3.8) is 0 Å². The number of amides is 4. The standard InChI is InChI=1S/C23H25N3O4/c1-3-15(2)25-21(28)17-8-6-7-16(13-17)14-24-20(27)11-12-26-22(29)18-9-4-5-10-19(18)23(26)30/h4-10,13,15H,3,11-12,14H2,1-2H3,(H,24,27)(H,25,28). The summed E-state index contributed by atoms with van der Waals surface area (Å²) < 4.78 is 0. The fraction of sp³-hybridized carbons (Fsp3) is 0.304. The molecule has 0 saturated carbocycles. The Hall–Kier alpha value is -3.48. The van der Waals surface area contributed by atoms with Crippen molar-refractivity contribution >= 4 is 23.6 Å². The molecule has 0 bridgehead atoms. The second-order valence-corrected chi connectivity index (χ2v) is 7.32. The predicted octanol–water partition coefficient (Wildman–Crippen LogP) is 2.52. The zero-order valence-corrected chi connectivity index (χ0v) is 17.1. The number of benzene rings is 2. The minimum absolute atomic E-state index is 0.0136. The summed E-state index contributed by atoms with van der Waals surface area (Å²) in [6.45, 7) is 4.22. The van der Waals surface area contributed by atoms with Gasteiger partial charge >= 0.3 is 0 Å². The second-order valence-electron chi connectivity index (χ2n) is 7.32. The molecule has 0 radical (unpaired) electrons. The lowest BCUT2D eigenvalue weighted by Gasteiger charge is -2.14. The third-order valence-corrected chi connectivity index (χ3v) is 5.11. The van der Waals surface area contributed by atoms with E-state index in [1.54, 1.807) is 42.5 Å². The third-order valence-electron chi connectivity index (χ3n) is 5.11. The van der Waals surface area contributed by atoms with E-state index in [9.17, 15) is 19.2 Å². The van der Waals surface area contributed by atoms with Crippen molar-refractivity contribution in [2.24, 2.45) is 0 Å². The molecule has 2 aromatic rings. The highest BCUT2D eigenvalue weighted by Gasteiger charge is 2.34. The fourth-order valence-electron chi connectivity index (χ4n) is 3.18. The van der Waals surface area contributed by atoms with Crippen LogP contribution >= 0.6 is 0 Å².